The van der Waals surface area contributed by atoms with E-state index in [0.29, 0.717) is 6.07 Å². The maximum atomic E-state index is 12.6. The first-order chi connectivity index (χ1) is 7.84. The number of nitriles is 1. The lowest BCUT2D eigenvalue weighted by atomic mass is 10.0. The van der Waals surface area contributed by atoms with Gasteiger partial charge in [0, 0.05) is 5.56 Å². The van der Waals surface area contributed by atoms with Crippen molar-refractivity contribution in [3.8, 4) is 6.07 Å². The summed E-state index contributed by atoms with van der Waals surface area (Å²) in [6.07, 6.45) is -4.70. The van der Waals surface area contributed by atoms with Crippen molar-refractivity contribution in [2.75, 3.05) is 5.75 Å². The lowest BCUT2D eigenvalue weighted by molar-refractivity contribution is -0.137. The number of rotatable bonds is 0. The lowest BCUT2D eigenvalue weighted by Gasteiger charge is -2.09. The summed E-state index contributed by atoms with van der Waals surface area (Å²) in [5, 5.41) is 8.63. The summed E-state index contributed by atoms with van der Waals surface area (Å²) in [5.74, 6) is -0.815. The van der Waals surface area contributed by atoms with E-state index in [1.54, 1.807) is 0 Å². The van der Waals surface area contributed by atoms with Gasteiger partial charge in [0.15, 0.2) is 5.78 Å². The van der Waals surface area contributed by atoms with Crippen LogP contribution in [0, 0.1) is 11.3 Å². The predicted octanol–water partition coefficient (Wildman–Crippen LogP) is 1.88. The Hall–Kier alpha value is -1.68. The van der Waals surface area contributed by atoms with Crippen LogP contribution in [0.3, 0.4) is 0 Å². The van der Waals surface area contributed by atoms with Crippen LogP contribution in [-0.4, -0.2) is 15.7 Å². The molecular formula is C10H4F3NO2S. The second kappa shape index (κ2) is 3.67. The molecule has 0 saturated heterocycles. The molecule has 0 saturated carbocycles. The van der Waals surface area contributed by atoms with E-state index < -0.39 is 33.9 Å². The van der Waals surface area contributed by atoms with E-state index in [4.69, 9.17) is 5.26 Å². The Morgan fingerprint density at radius 1 is 1.35 bits per heavy atom. The van der Waals surface area contributed by atoms with Crippen molar-refractivity contribution < 1.29 is 22.2 Å². The summed E-state index contributed by atoms with van der Waals surface area (Å²) < 4.78 is 49.2. The number of carbonyl (C=O) groups is 1. The van der Waals surface area contributed by atoms with Gasteiger partial charge >= 0.3 is 6.18 Å². The first-order valence-electron chi connectivity index (χ1n) is 4.41. The van der Waals surface area contributed by atoms with Gasteiger partial charge in [0.2, 0.25) is 0 Å². The summed E-state index contributed by atoms with van der Waals surface area (Å²) >= 11 is 0. The number of hydrogen-bond donors (Lipinski definition) is 0. The summed E-state index contributed by atoms with van der Waals surface area (Å²) in [4.78, 5) is 11.2. The van der Waals surface area contributed by atoms with Crippen LogP contribution in [0.25, 0.3) is 0 Å². The quantitative estimate of drug-likeness (QED) is 0.714. The molecule has 0 fully saturated rings. The fourth-order valence-electron chi connectivity index (χ4n) is 1.59. The SMILES string of the molecule is N#Cc1cc2c(cc1C(F)(F)F)S(=O)CC2=O. The van der Waals surface area contributed by atoms with Crippen LogP contribution < -0.4 is 0 Å². The molecule has 3 nitrogen and oxygen atoms in total. The third-order valence-electron chi connectivity index (χ3n) is 2.35. The zero-order valence-corrected chi connectivity index (χ0v) is 8.98. The molecule has 2 rings (SSSR count). The van der Waals surface area contributed by atoms with Gasteiger partial charge in [-0.05, 0) is 12.1 Å². The monoisotopic (exact) mass is 259 g/mol. The summed E-state index contributed by atoms with van der Waals surface area (Å²) in [6.45, 7) is 0. The molecule has 1 aliphatic heterocycles. The smallest absolute Gasteiger partial charge is 0.293 e. The van der Waals surface area contributed by atoms with Crippen LogP contribution in [0.1, 0.15) is 21.5 Å². The molecule has 0 amide bonds. The second-order valence-electron chi connectivity index (χ2n) is 3.42. The number of nitrogens with zero attached hydrogens (tertiary/aromatic N) is 1. The summed E-state index contributed by atoms with van der Waals surface area (Å²) in [6, 6.07) is 2.90. The van der Waals surface area contributed by atoms with Gasteiger partial charge in [-0.25, -0.2) is 0 Å². The van der Waals surface area contributed by atoms with Crippen molar-refractivity contribution in [2.24, 2.45) is 0 Å². The minimum absolute atomic E-state index is 0.0483. The van der Waals surface area contributed by atoms with Gasteiger partial charge in [-0.3, -0.25) is 9.00 Å². The van der Waals surface area contributed by atoms with E-state index in [1.807, 2.05) is 0 Å². The fourth-order valence-corrected chi connectivity index (χ4v) is 2.80. The van der Waals surface area contributed by atoms with Crippen molar-refractivity contribution in [1.29, 1.82) is 5.26 Å². The number of benzene rings is 1. The molecular weight excluding hydrogens is 255 g/mol. The largest absolute Gasteiger partial charge is 0.417 e. The molecule has 17 heavy (non-hydrogen) atoms. The topological polar surface area (TPSA) is 57.9 Å². The van der Waals surface area contributed by atoms with E-state index in [2.05, 4.69) is 0 Å². The molecule has 0 radical (unpaired) electrons. The first kappa shape index (κ1) is 11.8. The van der Waals surface area contributed by atoms with Crippen molar-refractivity contribution in [3.63, 3.8) is 0 Å². The van der Waals surface area contributed by atoms with Crippen LogP contribution in [0.15, 0.2) is 17.0 Å². The van der Waals surface area contributed by atoms with E-state index in [-0.39, 0.29) is 16.2 Å². The molecule has 1 aliphatic rings. The third kappa shape index (κ3) is 1.85. The average molecular weight is 259 g/mol. The molecule has 1 aromatic carbocycles. The molecule has 0 spiro atoms. The van der Waals surface area contributed by atoms with Crippen LogP contribution in [0.4, 0.5) is 13.2 Å². The molecule has 0 N–H and O–H groups in total. The number of Topliss-reactive ketones (excluding diaryl/α,β-unsaturated/α-hetero) is 1. The van der Waals surface area contributed by atoms with E-state index in [1.165, 1.54) is 6.07 Å². The Bertz CT molecular complexity index is 586. The van der Waals surface area contributed by atoms with Gasteiger partial charge in [0.1, 0.15) is 0 Å². The van der Waals surface area contributed by atoms with E-state index in [9.17, 15) is 22.2 Å². The summed E-state index contributed by atoms with van der Waals surface area (Å²) in [5.41, 5.74) is -1.82. The predicted molar refractivity (Wildman–Crippen MR) is 51.8 cm³/mol. The molecule has 88 valence electrons. The normalized spacial score (nSPS) is 18.9. The maximum absolute atomic E-state index is 12.6. The van der Waals surface area contributed by atoms with Gasteiger partial charge in [0.25, 0.3) is 0 Å². The molecule has 0 aliphatic carbocycles. The van der Waals surface area contributed by atoms with Gasteiger partial charge in [0.05, 0.1) is 38.6 Å². The number of ketones is 1. The number of halogens is 3. The maximum Gasteiger partial charge on any atom is 0.417 e. The highest BCUT2D eigenvalue weighted by Crippen LogP contribution is 2.36. The standard InChI is InChI=1S/C10H4F3NO2S/c11-10(12,13)7-2-9-6(1-5(7)3-14)8(15)4-17(9)16/h1-2H,4H2. The van der Waals surface area contributed by atoms with Gasteiger partial charge in [-0.2, -0.15) is 18.4 Å². The Kier molecular flexibility index (Phi) is 2.54. The molecule has 1 unspecified atom stereocenters. The number of hydrogen-bond acceptors (Lipinski definition) is 3. The van der Waals surface area contributed by atoms with Crippen LogP contribution in [0.2, 0.25) is 0 Å². The van der Waals surface area contributed by atoms with Gasteiger partial charge in [-0.15, -0.1) is 0 Å². The van der Waals surface area contributed by atoms with Crippen molar-refractivity contribution in [1.82, 2.24) is 0 Å². The van der Waals surface area contributed by atoms with Crippen LogP contribution in [0.5, 0.6) is 0 Å². The van der Waals surface area contributed by atoms with Gasteiger partial charge in [-0.1, -0.05) is 0 Å². The Labute approximate surface area is 96.3 Å². The Balaban J connectivity index is 2.74. The highest BCUT2D eigenvalue weighted by Gasteiger charge is 2.37. The van der Waals surface area contributed by atoms with Crippen molar-refractivity contribution >= 4 is 16.6 Å². The molecule has 1 heterocycles. The lowest BCUT2D eigenvalue weighted by Crippen LogP contribution is -2.09. The zero-order chi connectivity index (χ0) is 12.8. The van der Waals surface area contributed by atoms with E-state index in [0.717, 1.165) is 6.07 Å². The average Bonchev–Trinajstić information content (AvgIpc) is 2.51. The number of carbonyl (C=O) groups excluding carboxylic acids is 1. The molecule has 0 aromatic heterocycles. The molecule has 7 heteroatoms. The van der Waals surface area contributed by atoms with Gasteiger partial charge < -0.3 is 0 Å². The van der Waals surface area contributed by atoms with Crippen LogP contribution >= 0.6 is 0 Å². The summed E-state index contributed by atoms with van der Waals surface area (Å²) in [7, 11) is -1.74. The van der Waals surface area contributed by atoms with Crippen molar-refractivity contribution in [2.45, 2.75) is 11.1 Å². The molecule has 0 bridgehead atoms. The second-order valence-corrected chi connectivity index (χ2v) is 4.84. The van der Waals surface area contributed by atoms with E-state index >= 15 is 0 Å². The van der Waals surface area contributed by atoms with Crippen molar-refractivity contribution in [3.05, 3.63) is 28.8 Å². The highest BCUT2D eigenvalue weighted by molar-refractivity contribution is 7.86. The first-order valence-corrected chi connectivity index (χ1v) is 5.73. The third-order valence-corrected chi connectivity index (χ3v) is 3.71. The van der Waals surface area contributed by atoms with Crippen LogP contribution in [-0.2, 0) is 17.0 Å². The number of fused-ring (bicyclic) bond motifs is 1. The molecule has 1 atom stereocenters. The Morgan fingerprint density at radius 2 is 2.00 bits per heavy atom. The minimum Gasteiger partial charge on any atom is -0.293 e. The fraction of sp³-hybridized carbons (Fsp3) is 0.200. The number of alkyl halides is 3. The molecule has 1 aromatic rings. The minimum atomic E-state index is -4.70. The Morgan fingerprint density at radius 3 is 2.53 bits per heavy atom. The highest BCUT2D eigenvalue weighted by atomic mass is 32.2. The zero-order valence-electron chi connectivity index (χ0n) is 8.17.